The summed E-state index contributed by atoms with van der Waals surface area (Å²) in [5, 5.41) is 0. The topological polar surface area (TPSA) is 29.3 Å². The minimum atomic E-state index is 0.722. The summed E-state index contributed by atoms with van der Waals surface area (Å²) in [6, 6.07) is 0. The van der Waals surface area contributed by atoms with Gasteiger partial charge in [-0.2, -0.15) is 0 Å². The monoisotopic (exact) mass is 168 g/mol. The predicted molar refractivity (Wildman–Crippen MR) is 54.6 cm³/mol. The van der Waals surface area contributed by atoms with Gasteiger partial charge in [-0.15, -0.1) is 0 Å². The molecule has 0 fully saturated rings. The fourth-order valence-corrected chi connectivity index (χ4v) is 1.04. The highest BCUT2D eigenvalue weighted by Gasteiger charge is 1.93. The van der Waals surface area contributed by atoms with Crippen molar-refractivity contribution in [2.24, 2.45) is 5.73 Å². The Morgan fingerprint density at radius 2 is 2.25 bits per heavy atom. The van der Waals surface area contributed by atoms with Crippen molar-refractivity contribution in [2.45, 2.75) is 26.7 Å². The first kappa shape index (κ1) is 11.2. The molecule has 0 radical (unpaired) electrons. The van der Waals surface area contributed by atoms with Gasteiger partial charge in [0, 0.05) is 12.7 Å². The maximum absolute atomic E-state index is 5.44. The molecule has 0 aromatic carbocycles. The van der Waals surface area contributed by atoms with Crippen LogP contribution >= 0.6 is 0 Å². The molecular formula is C10H20N2. The molecule has 2 nitrogen and oxygen atoms in total. The van der Waals surface area contributed by atoms with Crippen molar-refractivity contribution < 1.29 is 0 Å². The summed E-state index contributed by atoms with van der Waals surface area (Å²) < 4.78 is 0. The Labute approximate surface area is 75.7 Å². The molecule has 0 aliphatic rings. The Bertz CT molecular complexity index is 150. The van der Waals surface area contributed by atoms with E-state index in [9.17, 15) is 0 Å². The van der Waals surface area contributed by atoms with Gasteiger partial charge in [0.1, 0.15) is 0 Å². The first-order chi connectivity index (χ1) is 5.74. The van der Waals surface area contributed by atoms with E-state index in [4.69, 9.17) is 5.73 Å². The normalized spacial score (nSPS) is 11.4. The lowest BCUT2D eigenvalue weighted by Gasteiger charge is -2.14. The third-order valence-electron chi connectivity index (χ3n) is 1.64. The van der Waals surface area contributed by atoms with Crippen molar-refractivity contribution in [2.75, 3.05) is 13.1 Å². The number of rotatable bonds is 6. The average Bonchev–Trinajstić information content (AvgIpc) is 2.04. The molecule has 70 valence electrons. The van der Waals surface area contributed by atoms with E-state index in [2.05, 4.69) is 31.5 Å². The van der Waals surface area contributed by atoms with Crippen LogP contribution in [0.15, 0.2) is 24.6 Å². The quantitative estimate of drug-likeness (QED) is 0.658. The standard InChI is InChI=1S/C10H20N2/c1-4-8-12(5-2)9-10(3)6-7-11/h5,9H,2,4,6-8,11H2,1,3H3/b10-9+. The average molecular weight is 168 g/mol. The second-order valence-corrected chi connectivity index (χ2v) is 2.93. The second kappa shape index (κ2) is 6.92. The van der Waals surface area contributed by atoms with Gasteiger partial charge in [-0.1, -0.05) is 19.1 Å². The molecule has 0 atom stereocenters. The fraction of sp³-hybridized carbons (Fsp3) is 0.600. The highest BCUT2D eigenvalue weighted by Crippen LogP contribution is 2.02. The van der Waals surface area contributed by atoms with Gasteiger partial charge in [0.25, 0.3) is 0 Å². The molecule has 0 unspecified atom stereocenters. The predicted octanol–water partition coefficient (Wildman–Crippen LogP) is 2.09. The van der Waals surface area contributed by atoms with Crippen LogP contribution < -0.4 is 5.73 Å². The van der Waals surface area contributed by atoms with Gasteiger partial charge in [0.15, 0.2) is 0 Å². The van der Waals surface area contributed by atoms with Crippen molar-refractivity contribution in [3.8, 4) is 0 Å². The number of nitrogens with zero attached hydrogens (tertiary/aromatic N) is 1. The third-order valence-corrected chi connectivity index (χ3v) is 1.64. The molecule has 0 saturated carbocycles. The summed E-state index contributed by atoms with van der Waals surface area (Å²) in [5.74, 6) is 0. The Balaban J connectivity index is 3.95. The smallest absolute Gasteiger partial charge is 0.0216 e. The van der Waals surface area contributed by atoms with Gasteiger partial charge in [-0.05, 0) is 32.5 Å². The van der Waals surface area contributed by atoms with Crippen molar-refractivity contribution in [3.63, 3.8) is 0 Å². The van der Waals surface area contributed by atoms with E-state index in [-0.39, 0.29) is 0 Å². The zero-order chi connectivity index (χ0) is 9.40. The van der Waals surface area contributed by atoms with Crippen LogP contribution in [0, 0.1) is 0 Å². The first-order valence-corrected chi connectivity index (χ1v) is 4.50. The zero-order valence-corrected chi connectivity index (χ0v) is 8.21. The van der Waals surface area contributed by atoms with E-state index in [1.54, 1.807) is 0 Å². The maximum atomic E-state index is 5.44. The molecule has 0 rings (SSSR count). The molecule has 0 aromatic rings. The van der Waals surface area contributed by atoms with Crippen LogP contribution in [0.5, 0.6) is 0 Å². The van der Waals surface area contributed by atoms with E-state index in [1.165, 1.54) is 5.57 Å². The van der Waals surface area contributed by atoms with E-state index in [0.717, 1.165) is 25.9 Å². The molecule has 0 aliphatic carbocycles. The lowest BCUT2D eigenvalue weighted by Crippen LogP contribution is -2.11. The molecular weight excluding hydrogens is 148 g/mol. The van der Waals surface area contributed by atoms with Crippen LogP contribution in [0.2, 0.25) is 0 Å². The molecule has 0 amide bonds. The summed E-state index contributed by atoms with van der Waals surface area (Å²) in [6.45, 7) is 9.75. The molecule has 12 heavy (non-hydrogen) atoms. The fourth-order valence-electron chi connectivity index (χ4n) is 1.04. The van der Waals surface area contributed by atoms with Crippen LogP contribution in [0.1, 0.15) is 26.7 Å². The van der Waals surface area contributed by atoms with Crippen molar-refractivity contribution in [3.05, 3.63) is 24.6 Å². The van der Waals surface area contributed by atoms with Gasteiger partial charge in [-0.25, -0.2) is 0 Å². The second-order valence-electron chi connectivity index (χ2n) is 2.93. The van der Waals surface area contributed by atoms with Gasteiger partial charge in [0.2, 0.25) is 0 Å². The molecule has 2 heteroatoms. The van der Waals surface area contributed by atoms with E-state index in [0.29, 0.717) is 0 Å². The zero-order valence-electron chi connectivity index (χ0n) is 8.21. The van der Waals surface area contributed by atoms with Crippen LogP contribution in [0.25, 0.3) is 0 Å². The largest absolute Gasteiger partial charge is 0.355 e. The summed E-state index contributed by atoms with van der Waals surface area (Å²) in [6.07, 6.45) is 6.07. The number of nitrogens with two attached hydrogens (primary N) is 1. The lowest BCUT2D eigenvalue weighted by molar-refractivity contribution is 0.497. The van der Waals surface area contributed by atoms with E-state index in [1.807, 2.05) is 6.20 Å². The lowest BCUT2D eigenvalue weighted by atomic mass is 10.2. The molecule has 0 bridgehead atoms. The Morgan fingerprint density at radius 1 is 1.58 bits per heavy atom. The molecule has 0 aliphatic heterocycles. The van der Waals surface area contributed by atoms with E-state index < -0.39 is 0 Å². The highest BCUT2D eigenvalue weighted by atomic mass is 15.1. The molecule has 0 saturated heterocycles. The summed E-state index contributed by atoms with van der Waals surface area (Å²) in [5.41, 5.74) is 6.75. The highest BCUT2D eigenvalue weighted by molar-refractivity contribution is 4.99. The number of hydrogen-bond donors (Lipinski definition) is 1. The van der Waals surface area contributed by atoms with Crippen LogP contribution in [0.4, 0.5) is 0 Å². The SMILES string of the molecule is C=CN(/C=C(\C)CCN)CCC. The third kappa shape index (κ3) is 4.97. The first-order valence-electron chi connectivity index (χ1n) is 4.50. The summed E-state index contributed by atoms with van der Waals surface area (Å²) in [4.78, 5) is 2.10. The maximum Gasteiger partial charge on any atom is 0.0216 e. The van der Waals surface area contributed by atoms with E-state index >= 15 is 0 Å². The molecule has 0 aromatic heterocycles. The molecule has 2 N–H and O–H groups in total. The summed E-state index contributed by atoms with van der Waals surface area (Å²) >= 11 is 0. The Morgan fingerprint density at radius 3 is 2.67 bits per heavy atom. The van der Waals surface area contributed by atoms with Crippen LogP contribution in [-0.4, -0.2) is 18.0 Å². The van der Waals surface area contributed by atoms with Crippen molar-refractivity contribution in [1.29, 1.82) is 0 Å². The van der Waals surface area contributed by atoms with Crippen LogP contribution in [-0.2, 0) is 0 Å². The minimum absolute atomic E-state index is 0.722. The van der Waals surface area contributed by atoms with Crippen LogP contribution in [0.3, 0.4) is 0 Å². The van der Waals surface area contributed by atoms with Gasteiger partial charge < -0.3 is 10.6 Å². The summed E-state index contributed by atoms with van der Waals surface area (Å²) in [7, 11) is 0. The molecule has 0 spiro atoms. The Hall–Kier alpha value is -0.760. The van der Waals surface area contributed by atoms with Gasteiger partial charge >= 0.3 is 0 Å². The van der Waals surface area contributed by atoms with Crippen molar-refractivity contribution in [1.82, 2.24) is 4.90 Å². The Kier molecular flexibility index (Phi) is 6.48. The van der Waals surface area contributed by atoms with Gasteiger partial charge in [0.05, 0.1) is 0 Å². The minimum Gasteiger partial charge on any atom is -0.355 e. The van der Waals surface area contributed by atoms with Gasteiger partial charge in [-0.3, -0.25) is 0 Å². The molecule has 0 heterocycles. The van der Waals surface area contributed by atoms with Crippen molar-refractivity contribution >= 4 is 0 Å². The number of hydrogen-bond acceptors (Lipinski definition) is 2.